The fraction of sp³-hybridized carbons (Fsp3) is 0.267. The molecule has 3 aromatic rings. The minimum atomic E-state index is 0.553. The van der Waals surface area contributed by atoms with Crippen LogP contribution in [0.15, 0.2) is 36.8 Å². The Morgan fingerprint density at radius 2 is 2.05 bits per heavy atom. The number of aryl methyl sites for hydroxylation is 1. The first-order valence-corrected chi connectivity index (χ1v) is 6.81. The van der Waals surface area contributed by atoms with Crippen LogP contribution in [0, 0.1) is 0 Å². The molecule has 0 spiro atoms. The van der Waals surface area contributed by atoms with Crippen LogP contribution in [0.5, 0.6) is 0 Å². The van der Waals surface area contributed by atoms with Gasteiger partial charge in [-0.25, -0.2) is 9.97 Å². The first-order valence-electron chi connectivity index (χ1n) is 6.81. The van der Waals surface area contributed by atoms with Gasteiger partial charge in [-0.1, -0.05) is 24.3 Å². The summed E-state index contributed by atoms with van der Waals surface area (Å²) in [5.74, 6) is 0.881. The van der Waals surface area contributed by atoms with Crippen molar-refractivity contribution in [2.75, 3.05) is 11.9 Å². The van der Waals surface area contributed by atoms with Gasteiger partial charge < -0.3 is 10.6 Å². The molecular weight excluding hydrogens is 264 g/mol. The van der Waals surface area contributed by atoms with E-state index in [1.807, 2.05) is 26.2 Å². The van der Waals surface area contributed by atoms with Gasteiger partial charge >= 0.3 is 0 Å². The van der Waals surface area contributed by atoms with E-state index >= 15 is 0 Å². The molecule has 0 bridgehead atoms. The van der Waals surface area contributed by atoms with Gasteiger partial charge in [-0.05, 0) is 11.1 Å². The lowest BCUT2D eigenvalue weighted by Crippen LogP contribution is -2.18. The lowest BCUT2D eigenvalue weighted by molar-refractivity contribution is 0.785. The third-order valence-electron chi connectivity index (χ3n) is 3.52. The highest BCUT2D eigenvalue weighted by Gasteiger charge is 2.12. The van der Waals surface area contributed by atoms with Crippen LogP contribution in [0.2, 0.25) is 0 Å². The van der Waals surface area contributed by atoms with Crippen molar-refractivity contribution < 1.29 is 0 Å². The molecule has 0 aliphatic rings. The van der Waals surface area contributed by atoms with Crippen molar-refractivity contribution in [1.82, 2.24) is 19.7 Å². The van der Waals surface area contributed by atoms with E-state index in [4.69, 9.17) is 5.73 Å². The number of rotatable bonds is 4. The van der Waals surface area contributed by atoms with Crippen molar-refractivity contribution in [3.63, 3.8) is 0 Å². The molecule has 0 aliphatic heterocycles. The smallest absolute Gasteiger partial charge is 0.163 e. The second kappa shape index (κ2) is 5.49. The summed E-state index contributed by atoms with van der Waals surface area (Å²) in [4.78, 5) is 10.8. The molecule has 0 saturated carbocycles. The molecule has 0 amide bonds. The summed E-state index contributed by atoms with van der Waals surface area (Å²) in [5.41, 5.74) is 8.87. The largest absolute Gasteiger partial charge is 0.355 e. The predicted molar refractivity (Wildman–Crippen MR) is 82.7 cm³/mol. The summed E-state index contributed by atoms with van der Waals surface area (Å²) in [6.45, 7) is 1.31. The number of anilines is 1. The summed E-state index contributed by atoms with van der Waals surface area (Å²) in [6, 6.07) is 8.29. The SMILES string of the molecule is CN(Cc1cccc(CN)c1)c1ncnc2c1cnn2C. The quantitative estimate of drug-likeness (QED) is 0.784. The zero-order valence-electron chi connectivity index (χ0n) is 12.2. The Morgan fingerprint density at radius 1 is 1.24 bits per heavy atom. The lowest BCUT2D eigenvalue weighted by atomic mass is 10.1. The van der Waals surface area contributed by atoms with Crippen molar-refractivity contribution in [3.05, 3.63) is 47.9 Å². The van der Waals surface area contributed by atoms with E-state index in [1.54, 1.807) is 17.2 Å². The number of aromatic nitrogens is 4. The summed E-state index contributed by atoms with van der Waals surface area (Å²) >= 11 is 0. The van der Waals surface area contributed by atoms with Gasteiger partial charge in [0.2, 0.25) is 0 Å². The number of hydrogen-bond acceptors (Lipinski definition) is 5. The normalized spacial score (nSPS) is 11.0. The molecule has 2 N–H and O–H groups in total. The van der Waals surface area contributed by atoms with E-state index < -0.39 is 0 Å². The Morgan fingerprint density at radius 3 is 2.86 bits per heavy atom. The maximum atomic E-state index is 5.69. The molecule has 1 aromatic carbocycles. The van der Waals surface area contributed by atoms with Gasteiger partial charge in [-0.3, -0.25) is 4.68 Å². The van der Waals surface area contributed by atoms with Crippen LogP contribution in [0.4, 0.5) is 5.82 Å². The van der Waals surface area contributed by atoms with Crippen molar-refractivity contribution in [3.8, 4) is 0 Å². The molecular formula is C15H18N6. The van der Waals surface area contributed by atoms with Gasteiger partial charge in [0, 0.05) is 27.2 Å². The number of fused-ring (bicyclic) bond motifs is 1. The Bertz CT molecular complexity index is 764. The third-order valence-corrected chi connectivity index (χ3v) is 3.52. The van der Waals surface area contributed by atoms with Crippen LogP contribution >= 0.6 is 0 Å². The average Bonchev–Trinajstić information content (AvgIpc) is 2.89. The molecule has 0 atom stereocenters. The molecule has 3 rings (SSSR count). The molecule has 2 heterocycles. The standard InChI is InChI=1S/C15H18N6/c1-20(9-12-5-3-4-11(6-12)7-16)14-13-8-19-21(2)15(13)18-10-17-14/h3-6,8,10H,7,9,16H2,1-2H3. The van der Waals surface area contributed by atoms with Gasteiger partial charge in [0.15, 0.2) is 5.65 Å². The van der Waals surface area contributed by atoms with E-state index in [-0.39, 0.29) is 0 Å². The summed E-state index contributed by atoms with van der Waals surface area (Å²) in [5, 5.41) is 5.20. The van der Waals surface area contributed by atoms with E-state index in [0.717, 1.165) is 29.0 Å². The van der Waals surface area contributed by atoms with Gasteiger partial charge in [0.05, 0.1) is 11.6 Å². The molecule has 0 radical (unpaired) electrons. The maximum absolute atomic E-state index is 5.69. The van der Waals surface area contributed by atoms with Crippen LogP contribution in [-0.2, 0) is 20.1 Å². The monoisotopic (exact) mass is 282 g/mol. The predicted octanol–water partition coefficient (Wildman–Crippen LogP) is 1.46. The molecule has 21 heavy (non-hydrogen) atoms. The highest BCUT2D eigenvalue weighted by Crippen LogP contribution is 2.22. The van der Waals surface area contributed by atoms with Crippen molar-refractivity contribution in [2.24, 2.45) is 12.8 Å². The van der Waals surface area contributed by atoms with E-state index in [0.29, 0.717) is 6.54 Å². The molecule has 2 aromatic heterocycles. The number of nitrogens with two attached hydrogens (primary N) is 1. The molecule has 0 fully saturated rings. The molecule has 6 heteroatoms. The van der Waals surface area contributed by atoms with E-state index in [1.165, 1.54) is 5.56 Å². The van der Waals surface area contributed by atoms with Crippen molar-refractivity contribution in [2.45, 2.75) is 13.1 Å². The van der Waals surface area contributed by atoms with Gasteiger partial charge in [-0.2, -0.15) is 5.10 Å². The minimum absolute atomic E-state index is 0.553. The topological polar surface area (TPSA) is 72.9 Å². The van der Waals surface area contributed by atoms with E-state index in [9.17, 15) is 0 Å². The first kappa shape index (κ1) is 13.5. The average molecular weight is 282 g/mol. The number of benzene rings is 1. The van der Waals surface area contributed by atoms with Gasteiger partial charge in [0.1, 0.15) is 12.1 Å². The van der Waals surface area contributed by atoms with E-state index in [2.05, 4.69) is 32.1 Å². The van der Waals surface area contributed by atoms with Gasteiger partial charge in [0.25, 0.3) is 0 Å². The molecule has 108 valence electrons. The van der Waals surface area contributed by atoms with Gasteiger partial charge in [-0.15, -0.1) is 0 Å². The van der Waals surface area contributed by atoms with Crippen LogP contribution in [-0.4, -0.2) is 26.8 Å². The highest BCUT2D eigenvalue weighted by atomic mass is 15.3. The zero-order valence-corrected chi connectivity index (χ0v) is 12.2. The number of hydrogen-bond donors (Lipinski definition) is 1. The Kier molecular flexibility index (Phi) is 3.53. The first-order chi connectivity index (χ1) is 10.2. The second-order valence-corrected chi connectivity index (χ2v) is 5.08. The Hall–Kier alpha value is -2.47. The zero-order chi connectivity index (χ0) is 14.8. The summed E-state index contributed by atoms with van der Waals surface area (Å²) in [6.07, 6.45) is 3.38. The maximum Gasteiger partial charge on any atom is 0.163 e. The molecule has 0 unspecified atom stereocenters. The lowest BCUT2D eigenvalue weighted by Gasteiger charge is -2.19. The Balaban J connectivity index is 1.91. The van der Waals surface area contributed by atoms with Crippen LogP contribution in [0.25, 0.3) is 11.0 Å². The Labute approximate surface area is 123 Å². The van der Waals surface area contributed by atoms with Crippen molar-refractivity contribution >= 4 is 16.9 Å². The minimum Gasteiger partial charge on any atom is -0.355 e. The molecule has 0 saturated heterocycles. The molecule has 6 nitrogen and oxygen atoms in total. The van der Waals surface area contributed by atoms with Crippen molar-refractivity contribution in [1.29, 1.82) is 0 Å². The highest BCUT2D eigenvalue weighted by molar-refractivity contribution is 5.86. The van der Waals surface area contributed by atoms with Crippen LogP contribution in [0.3, 0.4) is 0 Å². The molecule has 0 aliphatic carbocycles. The van der Waals surface area contributed by atoms with Crippen LogP contribution < -0.4 is 10.6 Å². The summed E-state index contributed by atoms with van der Waals surface area (Å²) < 4.78 is 1.75. The fourth-order valence-corrected chi connectivity index (χ4v) is 2.46. The second-order valence-electron chi connectivity index (χ2n) is 5.08. The third kappa shape index (κ3) is 2.57. The number of nitrogens with zero attached hydrogens (tertiary/aromatic N) is 5. The fourth-order valence-electron chi connectivity index (χ4n) is 2.46. The summed E-state index contributed by atoms with van der Waals surface area (Å²) in [7, 11) is 3.90. The van der Waals surface area contributed by atoms with Crippen LogP contribution in [0.1, 0.15) is 11.1 Å².